The van der Waals surface area contributed by atoms with Crippen LogP contribution in [0.2, 0.25) is 0 Å². The van der Waals surface area contributed by atoms with Crippen molar-refractivity contribution < 1.29 is 4.39 Å². The summed E-state index contributed by atoms with van der Waals surface area (Å²) in [5.74, 6) is -0.233. The second-order valence-electron chi connectivity index (χ2n) is 3.23. The maximum Gasteiger partial charge on any atom is 0.125 e. The molecule has 2 aromatic rings. The van der Waals surface area contributed by atoms with Crippen LogP contribution in [-0.2, 0) is 6.42 Å². The van der Waals surface area contributed by atoms with Gasteiger partial charge in [-0.2, -0.15) is 0 Å². The minimum absolute atomic E-state index is 0.233. The SMILES string of the molecule is NCCCc1nc2c(Br)cc(F)cc2s1. The fourth-order valence-electron chi connectivity index (χ4n) is 1.36. The number of fused-ring (bicyclic) bond motifs is 1. The predicted octanol–water partition coefficient (Wildman–Crippen LogP) is 3.09. The van der Waals surface area contributed by atoms with Crippen LogP contribution >= 0.6 is 27.3 Å². The number of aromatic nitrogens is 1. The molecule has 0 atom stereocenters. The summed E-state index contributed by atoms with van der Waals surface area (Å²) in [6, 6.07) is 2.96. The van der Waals surface area contributed by atoms with Crippen molar-refractivity contribution in [1.29, 1.82) is 0 Å². The highest BCUT2D eigenvalue weighted by atomic mass is 79.9. The average Bonchev–Trinajstić information content (AvgIpc) is 2.57. The summed E-state index contributed by atoms with van der Waals surface area (Å²) in [5, 5.41) is 1.02. The zero-order valence-electron chi connectivity index (χ0n) is 7.96. The molecule has 0 aliphatic heterocycles. The van der Waals surface area contributed by atoms with E-state index in [1.165, 1.54) is 23.5 Å². The first-order chi connectivity index (χ1) is 7.20. The van der Waals surface area contributed by atoms with Crippen molar-refractivity contribution in [3.8, 4) is 0 Å². The highest BCUT2D eigenvalue weighted by Crippen LogP contribution is 2.29. The zero-order valence-corrected chi connectivity index (χ0v) is 10.4. The first-order valence-corrected chi connectivity index (χ1v) is 6.26. The van der Waals surface area contributed by atoms with Crippen LogP contribution in [0.3, 0.4) is 0 Å². The number of halogens is 2. The number of rotatable bonds is 3. The van der Waals surface area contributed by atoms with Crippen molar-refractivity contribution in [1.82, 2.24) is 4.98 Å². The van der Waals surface area contributed by atoms with Crippen molar-refractivity contribution in [2.24, 2.45) is 5.73 Å². The number of aryl methyl sites for hydroxylation is 1. The Balaban J connectivity index is 2.41. The maximum atomic E-state index is 13.1. The van der Waals surface area contributed by atoms with E-state index in [0.717, 1.165) is 28.1 Å². The van der Waals surface area contributed by atoms with E-state index < -0.39 is 0 Å². The molecule has 1 aromatic heterocycles. The number of nitrogens with zero attached hydrogens (tertiary/aromatic N) is 1. The molecular weight excluding hydrogens is 279 g/mol. The molecule has 1 heterocycles. The van der Waals surface area contributed by atoms with Crippen LogP contribution in [0.15, 0.2) is 16.6 Å². The minimum Gasteiger partial charge on any atom is -0.330 e. The van der Waals surface area contributed by atoms with Gasteiger partial charge >= 0.3 is 0 Å². The molecule has 80 valence electrons. The van der Waals surface area contributed by atoms with Gasteiger partial charge in [-0.1, -0.05) is 0 Å². The Morgan fingerprint density at radius 1 is 1.47 bits per heavy atom. The van der Waals surface area contributed by atoms with Crippen LogP contribution in [0.4, 0.5) is 4.39 Å². The van der Waals surface area contributed by atoms with Crippen LogP contribution in [0, 0.1) is 5.82 Å². The first kappa shape index (κ1) is 11.0. The number of thiazole rings is 1. The third kappa shape index (κ3) is 2.35. The molecule has 15 heavy (non-hydrogen) atoms. The van der Waals surface area contributed by atoms with Gasteiger partial charge in [0.2, 0.25) is 0 Å². The van der Waals surface area contributed by atoms with Crippen LogP contribution in [0.25, 0.3) is 10.2 Å². The lowest BCUT2D eigenvalue weighted by Crippen LogP contribution is -1.99. The third-order valence-corrected chi connectivity index (χ3v) is 3.72. The Morgan fingerprint density at radius 2 is 2.27 bits per heavy atom. The molecule has 0 bridgehead atoms. The molecule has 0 fully saturated rings. The number of hydrogen-bond acceptors (Lipinski definition) is 3. The van der Waals surface area contributed by atoms with E-state index in [9.17, 15) is 4.39 Å². The molecule has 0 amide bonds. The lowest BCUT2D eigenvalue weighted by molar-refractivity contribution is 0.629. The lowest BCUT2D eigenvalue weighted by atomic mass is 10.3. The lowest BCUT2D eigenvalue weighted by Gasteiger charge is -1.92. The molecule has 0 saturated carbocycles. The Labute approximate surface area is 99.4 Å². The predicted molar refractivity (Wildman–Crippen MR) is 64.7 cm³/mol. The van der Waals surface area contributed by atoms with E-state index in [-0.39, 0.29) is 5.82 Å². The molecule has 5 heteroatoms. The Morgan fingerprint density at radius 3 is 3.00 bits per heavy atom. The van der Waals surface area contributed by atoms with Crippen LogP contribution in [-0.4, -0.2) is 11.5 Å². The molecule has 0 radical (unpaired) electrons. The molecule has 0 spiro atoms. The molecule has 2 nitrogen and oxygen atoms in total. The highest BCUT2D eigenvalue weighted by Gasteiger charge is 2.08. The minimum atomic E-state index is -0.233. The Bertz CT molecular complexity index is 483. The van der Waals surface area contributed by atoms with Crippen molar-refractivity contribution >= 4 is 37.5 Å². The average molecular weight is 289 g/mol. The van der Waals surface area contributed by atoms with Crippen molar-refractivity contribution in [2.75, 3.05) is 6.54 Å². The van der Waals surface area contributed by atoms with E-state index in [1.54, 1.807) is 0 Å². The van der Waals surface area contributed by atoms with Gasteiger partial charge in [-0.05, 0) is 41.0 Å². The van der Waals surface area contributed by atoms with E-state index in [1.807, 2.05) is 0 Å². The number of nitrogens with two attached hydrogens (primary N) is 1. The molecule has 2 rings (SSSR count). The first-order valence-electron chi connectivity index (χ1n) is 4.65. The van der Waals surface area contributed by atoms with Crippen LogP contribution in [0.5, 0.6) is 0 Å². The number of hydrogen-bond donors (Lipinski definition) is 1. The molecule has 0 unspecified atom stereocenters. The zero-order chi connectivity index (χ0) is 10.8. The molecule has 0 aliphatic carbocycles. The summed E-state index contributed by atoms with van der Waals surface area (Å²) in [6.45, 7) is 0.658. The van der Waals surface area contributed by atoms with E-state index >= 15 is 0 Å². The van der Waals surface area contributed by atoms with Crippen molar-refractivity contribution in [2.45, 2.75) is 12.8 Å². The smallest absolute Gasteiger partial charge is 0.125 e. The standard InChI is InChI=1S/C10H10BrFN2S/c11-7-4-6(12)5-8-10(7)14-9(15-8)2-1-3-13/h4-5H,1-3,13H2. The summed E-state index contributed by atoms with van der Waals surface area (Å²) in [7, 11) is 0. The van der Waals surface area contributed by atoms with Gasteiger partial charge in [-0.3, -0.25) is 0 Å². The fraction of sp³-hybridized carbons (Fsp3) is 0.300. The summed E-state index contributed by atoms with van der Waals surface area (Å²) < 4.78 is 14.7. The van der Waals surface area contributed by atoms with E-state index in [4.69, 9.17) is 5.73 Å². The highest BCUT2D eigenvalue weighted by molar-refractivity contribution is 9.10. The normalized spacial score (nSPS) is 11.1. The summed E-state index contributed by atoms with van der Waals surface area (Å²) in [5.41, 5.74) is 6.27. The van der Waals surface area contributed by atoms with Crippen molar-refractivity contribution in [3.63, 3.8) is 0 Å². The van der Waals surface area contributed by atoms with Gasteiger partial charge in [0.15, 0.2) is 0 Å². The largest absolute Gasteiger partial charge is 0.330 e. The molecule has 2 N–H and O–H groups in total. The van der Waals surface area contributed by atoms with Crippen LogP contribution in [0.1, 0.15) is 11.4 Å². The quantitative estimate of drug-likeness (QED) is 0.943. The van der Waals surface area contributed by atoms with Crippen molar-refractivity contribution in [3.05, 3.63) is 27.4 Å². The van der Waals surface area contributed by atoms with Gasteiger partial charge in [0.25, 0.3) is 0 Å². The number of benzene rings is 1. The molecular formula is C10H10BrFN2S. The van der Waals surface area contributed by atoms with E-state index in [2.05, 4.69) is 20.9 Å². The Kier molecular flexibility index (Phi) is 3.33. The summed E-state index contributed by atoms with van der Waals surface area (Å²) in [4.78, 5) is 4.44. The van der Waals surface area contributed by atoms with Crippen LogP contribution < -0.4 is 5.73 Å². The monoisotopic (exact) mass is 288 g/mol. The van der Waals surface area contributed by atoms with Gasteiger partial charge in [0, 0.05) is 10.9 Å². The fourth-order valence-corrected chi connectivity index (χ4v) is 3.08. The topological polar surface area (TPSA) is 38.9 Å². The maximum absolute atomic E-state index is 13.1. The Hall–Kier alpha value is -0.520. The van der Waals surface area contributed by atoms with Gasteiger partial charge < -0.3 is 5.73 Å². The second kappa shape index (κ2) is 4.55. The van der Waals surface area contributed by atoms with E-state index in [0.29, 0.717) is 11.0 Å². The second-order valence-corrected chi connectivity index (χ2v) is 5.20. The van der Waals surface area contributed by atoms with Gasteiger partial charge in [-0.15, -0.1) is 11.3 Å². The van der Waals surface area contributed by atoms with Gasteiger partial charge in [-0.25, -0.2) is 9.37 Å². The third-order valence-electron chi connectivity index (χ3n) is 2.05. The summed E-state index contributed by atoms with van der Waals surface area (Å²) >= 11 is 4.84. The molecule has 1 aromatic carbocycles. The van der Waals surface area contributed by atoms with Gasteiger partial charge in [0.1, 0.15) is 5.82 Å². The molecule has 0 saturated heterocycles. The summed E-state index contributed by atoms with van der Waals surface area (Å²) in [6.07, 6.45) is 1.78. The molecule has 0 aliphatic rings. The van der Waals surface area contributed by atoms with Gasteiger partial charge in [0.05, 0.1) is 15.2 Å².